The van der Waals surface area contributed by atoms with Gasteiger partial charge in [0.25, 0.3) is 11.8 Å². The lowest BCUT2D eigenvalue weighted by atomic mass is 10.1. The summed E-state index contributed by atoms with van der Waals surface area (Å²) in [4.78, 5) is 38.7. The highest BCUT2D eigenvalue weighted by atomic mass is 35.5. The maximum atomic E-state index is 13.4. The van der Waals surface area contributed by atoms with Gasteiger partial charge in [-0.2, -0.15) is 0 Å². The van der Waals surface area contributed by atoms with Crippen molar-refractivity contribution in [2.75, 3.05) is 12.0 Å². The number of benzene rings is 3. The van der Waals surface area contributed by atoms with Gasteiger partial charge < -0.3 is 9.47 Å². The Labute approximate surface area is 209 Å². The number of anilines is 1. The third kappa shape index (κ3) is 5.29. The second-order valence-electron chi connectivity index (χ2n) is 7.39. The fraction of sp³-hybridized carbons (Fsp3) is 0.0800. The first-order chi connectivity index (χ1) is 16.8. The van der Waals surface area contributed by atoms with Crippen LogP contribution < -0.4 is 19.7 Å². The van der Waals surface area contributed by atoms with Crippen LogP contribution in [-0.4, -0.2) is 25.0 Å². The van der Waals surface area contributed by atoms with Gasteiger partial charge in [-0.3, -0.25) is 14.9 Å². The minimum atomic E-state index is -0.875. The lowest BCUT2D eigenvalue weighted by molar-refractivity contribution is -0.122. The van der Waals surface area contributed by atoms with Crippen molar-refractivity contribution in [1.82, 2.24) is 5.32 Å². The Morgan fingerprint density at radius 1 is 1.00 bits per heavy atom. The Kier molecular flexibility index (Phi) is 7.04. The summed E-state index contributed by atoms with van der Waals surface area (Å²) in [6, 6.07) is 14.1. The number of imide groups is 2. The van der Waals surface area contributed by atoms with Crippen molar-refractivity contribution in [2.24, 2.45) is 0 Å². The van der Waals surface area contributed by atoms with Gasteiger partial charge in [-0.1, -0.05) is 35.3 Å². The molecule has 1 heterocycles. The molecule has 7 nitrogen and oxygen atoms in total. The number of nitrogens with one attached hydrogen (secondary N) is 1. The van der Waals surface area contributed by atoms with Gasteiger partial charge in [0, 0.05) is 0 Å². The smallest absolute Gasteiger partial charge is 0.335 e. The number of halogens is 3. The number of urea groups is 1. The molecule has 0 bridgehead atoms. The van der Waals surface area contributed by atoms with E-state index in [4.69, 9.17) is 32.7 Å². The van der Waals surface area contributed by atoms with E-state index >= 15 is 0 Å². The predicted molar refractivity (Wildman–Crippen MR) is 129 cm³/mol. The zero-order valence-electron chi connectivity index (χ0n) is 18.2. The van der Waals surface area contributed by atoms with Gasteiger partial charge in [0.2, 0.25) is 0 Å². The highest BCUT2D eigenvalue weighted by molar-refractivity contribution is 6.40. The molecule has 0 atom stereocenters. The first kappa shape index (κ1) is 24.3. The van der Waals surface area contributed by atoms with Crippen molar-refractivity contribution in [3.05, 3.63) is 93.2 Å². The summed E-state index contributed by atoms with van der Waals surface area (Å²) < 4.78 is 24.1. The number of carbonyl (C=O) groups excluding carboxylic acids is 3. The molecule has 3 aromatic rings. The third-order valence-electron chi connectivity index (χ3n) is 5.04. The van der Waals surface area contributed by atoms with Crippen LogP contribution in [0.1, 0.15) is 11.1 Å². The molecule has 0 aromatic heterocycles. The standard InChI is InChI=1S/C25H17Cl2FN2O5/c1-34-18-7-5-17(6-8-18)30-24(32)19(23(31)29-25(30)33)10-15-11-20(26)22(21(27)12-15)35-13-14-3-2-4-16(28)9-14/h2-12H,13H2,1H3,(H,29,31,33)/b19-10+. The third-order valence-corrected chi connectivity index (χ3v) is 5.60. The van der Waals surface area contributed by atoms with E-state index in [1.165, 1.54) is 49.6 Å². The Morgan fingerprint density at radius 2 is 1.69 bits per heavy atom. The number of ether oxygens (including phenoxy) is 2. The molecule has 1 saturated heterocycles. The summed E-state index contributed by atoms with van der Waals surface area (Å²) in [6.45, 7) is 0.0253. The van der Waals surface area contributed by atoms with Crippen LogP contribution in [0.15, 0.2) is 66.2 Å². The summed E-state index contributed by atoms with van der Waals surface area (Å²) in [5.74, 6) is -1.38. The van der Waals surface area contributed by atoms with Crippen LogP contribution in [0.2, 0.25) is 10.0 Å². The van der Waals surface area contributed by atoms with E-state index in [0.717, 1.165) is 4.90 Å². The van der Waals surface area contributed by atoms with Crippen molar-refractivity contribution in [1.29, 1.82) is 0 Å². The quantitative estimate of drug-likeness (QED) is 0.352. The number of nitrogens with zero attached hydrogens (tertiary/aromatic N) is 1. The van der Waals surface area contributed by atoms with E-state index in [2.05, 4.69) is 5.32 Å². The van der Waals surface area contributed by atoms with Gasteiger partial charge in [0.15, 0.2) is 5.75 Å². The molecule has 4 rings (SSSR count). The molecular formula is C25H17Cl2FN2O5. The van der Waals surface area contributed by atoms with E-state index < -0.39 is 23.7 Å². The minimum absolute atomic E-state index is 0.0253. The van der Waals surface area contributed by atoms with Crippen LogP contribution in [0.5, 0.6) is 11.5 Å². The average Bonchev–Trinajstić information content (AvgIpc) is 2.81. The van der Waals surface area contributed by atoms with E-state index in [9.17, 15) is 18.8 Å². The van der Waals surface area contributed by atoms with Crippen molar-refractivity contribution in [3.8, 4) is 11.5 Å². The molecule has 3 aromatic carbocycles. The molecule has 0 unspecified atom stereocenters. The topological polar surface area (TPSA) is 84.9 Å². The Balaban J connectivity index is 1.60. The van der Waals surface area contributed by atoms with Gasteiger partial charge >= 0.3 is 6.03 Å². The number of rotatable bonds is 6. The summed E-state index contributed by atoms with van der Waals surface area (Å²) in [6.07, 6.45) is 1.27. The van der Waals surface area contributed by atoms with Gasteiger partial charge in [-0.05, 0) is 65.7 Å². The molecule has 10 heteroatoms. The Morgan fingerprint density at radius 3 is 2.31 bits per heavy atom. The second-order valence-corrected chi connectivity index (χ2v) is 8.20. The predicted octanol–water partition coefficient (Wildman–Crippen LogP) is 5.39. The number of amides is 4. The lowest BCUT2D eigenvalue weighted by Gasteiger charge is -2.26. The molecule has 178 valence electrons. The zero-order valence-corrected chi connectivity index (χ0v) is 19.7. The number of carbonyl (C=O) groups is 3. The molecule has 0 aliphatic carbocycles. The minimum Gasteiger partial charge on any atom is -0.497 e. The van der Waals surface area contributed by atoms with Gasteiger partial charge in [-0.25, -0.2) is 14.1 Å². The van der Waals surface area contributed by atoms with Gasteiger partial charge in [0.05, 0.1) is 22.8 Å². The summed E-state index contributed by atoms with van der Waals surface area (Å²) >= 11 is 12.6. The van der Waals surface area contributed by atoms with Gasteiger partial charge in [0.1, 0.15) is 23.7 Å². The largest absolute Gasteiger partial charge is 0.497 e. The van der Waals surface area contributed by atoms with Crippen LogP contribution in [0.25, 0.3) is 6.08 Å². The Hall–Kier alpha value is -3.88. The van der Waals surface area contributed by atoms with Crippen molar-refractivity contribution >= 4 is 52.8 Å². The SMILES string of the molecule is COc1ccc(N2C(=O)NC(=O)/C(=C\c3cc(Cl)c(OCc4cccc(F)c4)c(Cl)c3)C2=O)cc1. The maximum Gasteiger partial charge on any atom is 0.335 e. The number of hydrogen-bond acceptors (Lipinski definition) is 5. The van der Waals surface area contributed by atoms with Crippen molar-refractivity contribution in [3.63, 3.8) is 0 Å². The average molecular weight is 515 g/mol. The fourth-order valence-electron chi connectivity index (χ4n) is 3.37. The number of hydrogen-bond donors (Lipinski definition) is 1. The molecule has 1 N–H and O–H groups in total. The van der Waals surface area contributed by atoms with E-state index in [-0.39, 0.29) is 33.7 Å². The van der Waals surface area contributed by atoms with Crippen LogP contribution in [0, 0.1) is 5.82 Å². The Bertz CT molecular complexity index is 1340. The normalized spacial score (nSPS) is 14.8. The zero-order chi connectivity index (χ0) is 25.1. The molecular weight excluding hydrogens is 498 g/mol. The molecule has 0 spiro atoms. The molecule has 1 fully saturated rings. The van der Waals surface area contributed by atoms with Crippen molar-refractivity contribution < 1.29 is 28.2 Å². The van der Waals surface area contributed by atoms with Crippen LogP contribution in [0.4, 0.5) is 14.9 Å². The highest BCUT2D eigenvalue weighted by Crippen LogP contribution is 2.36. The molecule has 0 saturated carbocycles. The lowest BCUT2D eigenvalue weighted by Crippen LogP contribution is -2.54. The van der Waals surface area contributed by atoms with E-state index in [1.807, 2.05) is 0 Å². The summed E-state index contributed by atoms with van der Waals surface area (Å²) in [5, 5.41) is 2.38. The summed E-state index contributed by atoms with van der Waals surface area (Å²) in [7, 11) is 1.49. The number of methoxy groups -OCH3 is 1. The maximum absolute atomic E-state index is 13.4. The van der Waals surface area contributed by atoms with Crippen molar-refractivity contribution in [2.45, 2.75) is 6.61 Å². The fourth-order valence-corrected chi connectivity index (χ4v) is 3.99. The van der Waals surface area contributed by atoms with Crippen LogP contribution in [-0.2, 0) is 16.2 Å². The first-order valence-electron chi connectivity index (χ1n) is 10.2. The van der Waals surface area contributed by atoms with Crippen LogP contribution in [0.3, 0.4) is 0 Å². The molecule has 1 aliphatic rings. The molecule has 35 heavy (non-hydrogen) atoms. The second kappa shape index (κ2) is 10.2. The molecule has 0 radical (unpaired) electrons. The summed E-state index contributed by atoms with van der Waals surface area (Å²) in [5.41, 5.74) is 0.876. The molecule has 1 aliphatic heterocycles. The van der Waals surface area contributed by atoms with Crippen LogP contribution >= 0.6 is 23.2 Å². The monoisotopic (exact) mass is 514 g/mol. The molecule has 4 amide bonds. The highest BCUT2D eigenvalue weighted by Gasteiger charge is 2.36. The van der Waals surface area contributed by atoms with E-state index in [0.29, 0.717) is 16.9 Å². The number of barbiturate groups is 1. The first-order valence-corrected chi connectivity index (χ1v) is 10.9. The van der Waals surface area contributed by atoms with E-state index in [1.54, 1.807) is 24.3 Å². The van der Waals surface area contributed by atoms with Gasteiger partial charge in [-0.15, -0.1) is 0 Å².